The Morgan fingerprint density at radius 2 is 1.63 bits per heavy atom. The van der Waals surface area contributed by atoms with Gasteiger partial charge in [-0.3, -0.25) is 4.40 Å². The maximum absolute atomic E-state index is 13.6. The van der Waals surface area contributed by atoms with Crippen LogP contribution in [-0.2, 0) is 22.0 Å². The number of nitrogens with zero attached hydrogens (tertiary/aromatic N) is 4. The molecule has 0 fully saturated rings. The minimum absolute atomic E-state index is 0.155. The third kappa shape index (κ3) is 5.42. The lowest BCUT2D eigenvalue weighted by Gasteiger charge is -2.24. The molecule has 0 unspecified atom stereocenters. The second kappa shape index (κ2) is 10.0. The molecule has 0 aliphatic carbocycles. The molecule has 0 aliphatic heterocycles. The van der Waals surface area contributed by atoms with Crippen molar-refractivity contribution in [3.05, 3.63) is 83.9 Å². The topological polar surface area (TPSA) is 139 Å². The zero-order chi connectivity index (χ0) is 29.7. The SMILES string of the molecule is Cc1ccc(S(=O)(=O)n2ccc3c2ncc2c(-c4ccc(C(C)(C)O)cc4)nc(CCC(C)(C)NC(=O)O)n23)cc1. The van der Waals surface area contributed by atoms with E-state index in [1.807, 2.05) is 35.6 Å². The van der Waals surface area contributed by atoms with Crippen LogP contribution in [0.5, 0.6) is 0 Å². The number of aliphatic hydroxyl groups is 1. The average Bonchev–Trinajstić information content (AvgIpc) is 3.49. The standard InChI is InChI=1S/C30H33N5O5S/c1-19-6-12-22(13-7-19)41(39,40)34-17-15-23-27(34)31-18-24-26(20-8-10-21(11-9-20)30(4,5)38)32-25(35(23)24)14-16-29(2,3)33-28(36)37/h6-13,15,17-18,33,38H,14,16H2,1-5H3,(H,36,37). The van der Waals surface area contributed by atoms with E-state index >= 15 is 0 Å². The van der Waals surface area contributed by atoms with Gasteiger partial charge in [-0.2, -0.15) is 0 Å². The summed E-state index contributed by atoms with van der Waals surface area (Å²) < 4.78 is 30.2. The van der Waals surface area contributed by atoms with Crippen molar-refractivity contribution in [1.82, 2.24) is 23.7 Å². The molecule has 10 nitrogen and oxygen atoms in total. The van der Waals surface area contributed by atoms with Gasteiger partial charge in [0.25, 0.3) is 10.0 Å². The van der Waals surface area contributed by atoms with Crippen LogP contribution in [0.4, 0.5) is 4.79 Å². The van der Waals surface area contributed by atoms with Crippen molar-refractivity contribution < 1.29 is 23.4 Å². The van der Waals surface area contributed by atoms with Gasteiger partial charge >= 0.3 is 6.09 Å². The van der Waals surface area contributed by atoms with Crippen LogP contribution in [0.1, 0.15) is 51.1 Å². The van der Waals surface area contributed by atoms with Crippen LogP contribution in [0.15, 0.2) is 71.9 Å². The first kappa shape index (κ1) is 28.3. The zero-order valence-corrected chi connectivity index (χ0v) is 24.4. The second-order valence-corrected chi connectivity index (χ2v) is 13.3. The molecule has 3 heterocycles. The Balaban J connectivity index is 1.67. The monoisotopic (exact) mass is 575 g/mol. The molecular formula is C30H33N5O5S. The van der Waals surface area contributed by atoms with E-state index < -0.39 is 27.3 Å². The van der Waals surface area contributed by atoms with E-state index in [0.717, 1.165) is 16.7 Å². The highest BCUT2D eigenvalue weighted by Gasteiger charge is 2.26. The second-order valence-electron chi connectivity index (χ2n) is 11.4. The van der Waals surface area contributed by atoms with E-state index in [0.29, 0.717) is 35.4 Å². The summed E-state index contributed by atoms with van der Waals surface area (Å²) >= 11 is 0. The number of rotatable bonds is 8. The van der Waals surface area contributed by atoms with Crippen molar-refractivity contribution in [2.24, 2.45) is 0 Å². The van der Waals surface area contributed by atoms with Gasteiger partial charge in [-0.1, -0.05) is 42.0 Å². The Bertz CT molecular complexity index is 1860. The quantitative estimate of drug-likeness (QED) is 0.234. The van der Waals surface area contributed by atoms with Gasteiger partial charge in [0.2, 0.25) is 0 Å². The van der Waals surface area contributed by atoms with E-state index in [-0.39, 0.29) is 10.5 Å². The van der Waals surface area contributed by atoms with E-state index in [9.17, 15) is 23.4 Å². The maximum Gasteiger partial charge on any atom is 0.405 e. The van der Waals surface area contributed by atoms with Crippen molar-refractivity contribution in [1.29, 1.82) is 0 Å². The summed E-state index contributed by atoms with van der Waals surface area (Å²) in [6, 6.07) is 15.8. The Hall–Kier alpha value is -4.22. The molecule has 0 spiro atoms. The molecule has 5 aromatic rings. The minimum atomic E-state index is -3.91. The Labute approximate surface area is 238 Å². The van der Waals surface area contributed by atoms with Crippen molar-refractivity contribution in [2.75, 3.05) is 0 Å². The van der Waals surface area contributed by atoms with Gasteiger partial charge in [0.1, 0.15) is 5.82 Å². The number of aromatic nitrogens is 4. The predicted molar refractivity (Wildman–Crippen MR) is 156 cm³/mol. The van der Waals surface area contributed by atoms with Crippen LogP contribution in [0.2, 0.25) is 0 Å². The third-order valence-corrected chi connectivity index (χ3v) is 8.88. The van der Waals surface area contributed by atoms with Crippen molar-refractivity contribution in [2.45, 2.75) is 63.5 Å². The van der Waals surface area contributed by atoms with Crippen LogP contribution in [0, 0.1) is 6.92 Å². The summed E-state index contributed by atoms with van der Waals surface area (Å²) in [5.74, 6) is 0.639. The van der Waals surface area contributed by atoms with E-state index in [1.54, 1.807) is 64.2 Å². The molecule has 41 heavy (non-hydrogen) atoms. The molecule has 0 saturated carbocycles. The smallest absolute Gasteiger partial charge is 0.405 e. The Kier molecular flexibility index (Phi) is 6.91. The fraction of sp³-hybridized carbons (Fsp3) is 0.300. The predicted octanol–water partition coefficient (Wildman–Crippen LogP) is 5.10. The lowest BCUT2D eigenvalue weighted by molar-refractivity contribution is 0.0786. The fourth-order valence-corrected chi connectivity index (χ4v) is 6.19. The summed E-state index contributed by atoms with van der Waals surface area (Å²) in [4.78, 5) is 21.0. The number of aryl methyl sites for hydroxylation is 2. The lowest BCUT2D eigenvalue weighted by atomic mass is 9.97. The number of benzene rings is 2. The van der Waals surface area contributed by atoms with Gasteiger partial charge < -0.3 is 15.5 Å². The number of imidazole rings is 1. The molecule has 214 valence electrons. The molecule has 3 aromatic heterocycles. The zero-order valence-electron chi connectivity index (χ0n) is 23.6. The minimum Gasteiger partial charge on any atom is -0.465 e. The number of carboxylic acid groups (broad SMARTS) is 1. The molecule has 0 atom stereocenters. The van der Waals surface area contributed by atoms with Gasteiger partial charge in [0, 0.05) is 23.7 Å². The van der Waals surface area contributed by atoms with E-state index in [4.69, 9.17) is 4.98 Å². The van der Waals surface area contributed by atoms with E-state index in [1.165, 1.54) is 10.2 Å². The Morgan fingerprint density at radius 1 is 0.976 bits per heavy atom. The molecule has 2 aromatic carbocycles. The number of carbonyl (C=O) groups is 1. The highest BCUT2D eigenvalue weighted by atomic mass is 32.2. The summed E-state index contributed by atoms with van der Waals surface area (Å²) in [5.41, 5.74) is 2.93. The number of hydrogen-bond donors (Lipinski definition) is 3. The maximum atomic E-state index is 13.6. The van der Waals surface area contributed by atoms with Gasteiger partial charge in [0.05, 0.1) is 33.4 Å². The molecule has 0 radical (unpaired) electrons. The van der Waals surface area contributed by atoms with Gasteiger partial charge in [0.15, 0.2) is 5.65 Å². The lowest BCUT2D eigenvalue weighted by Crippen LogP contribution is -2.43. The Morgan fingerprint density at radius 3 is 2.24 bits per heavy atom. The number of amides is 1. The first-order chi connectivity index (χ1) is 19.2. The average molecular weight is 576 g/mol. The summed E-state index contributed by atoms with van der Waals surface area (Å²) in [5, 5.41) is 22.2. The summed E-state index contributed by atoms with van der Waals surface area (Å²) in [6.45, 7) is 8.93. The van der Waals surface area contributed by atoms with Crippen molar-refractivity contribution in [3.63, 3.8) is 0 Å². The summed E-state index contributed by atoms with van der Waals surface area (Å²) in [7, 11) is -3.91. The summed E-state index contributed by atoms with van der Waals surface area (Å²) in [6.07, 6.45) is 2.84. The van der Waals surface area contributed by atoms with Gasteiger partial charge in [-0.15, -0.1) is 0 Å². The number of hydrogen-bond acceptors (Lipinski definition) is 6. The van der Waals surface area contributed by atoms with Crippen LogP contribution in [0.3, 0.4) is 0 Å². The normalized spacial score (nSPS) is 12.7. The number of nitrogens with one attached hydrogen (secondary N) is 1. The molecule has 5 rings (SSSR count). The highest BCUT2D eigenvalue weighted by Crippen LogP contribution is 2.32. The first-order valence-corrected chi connectivity index (χ1v) is 14.7. The van der Waals surface area contributed by atoms with E-state index in [2.05, 4.69) is 10.3 Å². The van der Waals surface area contributed by atoms with Crippen LogP contribution < -0.4 is 5.32 Å². The third-order valence-electron chi connectivity index (χ3n) is 7.20. The number of fused-ring (bicyclic) bond motifs is 3. The van der Waals surface area contributed by atoms with Crippen LogP contribution in [0.25, 0.3) is 27.9 Å². The molecule has 11 heteroatoms. The molecule has 0 saturated heterocycles. The van der Waals surface area contributed by atoms with Crippen LogP contribution >= 0.6 is 0 Å². The molecule has 0 bridgehead atoms. The molecule has 0 aliphatic rings. The largest absolute Gasteiger partial charge is 0.465 e. The molecule has 1 amide bonds. The fourth-order valence-electron chi connectivity index (χ4n) is 4.90. The molecule has 3 N–H and O–H groups in total. The van der Waals surface area contributed by atoms with Crippen LogP contribution in [-0.4, -0.2) is 48.6 Å². The van der Waals surface area contributed by atoms with Gasteiger partial charge in [-0.25, -0.2) is 27.2 Å². The van der Waals surface area contributed by atoms with Gasteiger partial charge in [-0.05, 0) is 64.8 Å². The molecular weight excluding hydrogens is 542 g/mol. The highest BCUT2D eigenvalue weighted by molar-refractivity contribution is 7.90. The first-order valence-electron chi connectivity index (χ1n) is 13.2. The van der Waals surface area contributed by atoms with Crippen molar-refractivity contribution in [3.8, 4) is 11.3 Å². The van der Waals surface area contributed by atoms with Crippen molar-refractivity contribution >= 4 is 32.8 Å².